The van der Waals surface area contributed by atoms with Gasteiger partial charge >= 0.3 is 0 Å². The monoisotopic (exact) mass is 601 g/mol. The summed E-state index contributed by atoms with van der Waals surface area (Å²) >= 11 is 12.9. The normalized spacial score (nSPS) is 11.8. The molecule has 0 atom stereocenters. The summed E-state index contributed by atoms with van der Waals surface area (Å²) in [5.74, 6) is 1.39. The smallest absolute Gasteiger partial charge is 0.246 e. The first-order chi connectivity index (χ1) is 15.1. The minimum absolute atomic E-state index is 0.0949. The van der Waals surface area contributed by atoms with Crippen LogP contribution < -0.4 is 9.47 Å². The van der Waals surface area contributed by atoms with E-state index in [9.17, 15) is 8.42 Å². The molecule has 5 nitrogen and oxygen atoms in total. The van der Waals surface area contributed by atoms with E-state index >= 15 is 0 Å². The summed E-state index contributed by atoms with van der Waals surface area (Å²) in [6.07, 6.45) is -0.167. The summed E-state index contributed by atoms with van der Waals surface area (Å²) in [6, 6.07) is 17.4. The van der Waals surface area contributed by atoms with Gasteiger partial charge in [0, 0.05) is 33.1 Å². The molecule has 0 heterocycles. The molecule has 3 aromatic carbocycles. The van der Waals surface area contributed by atoms with E-state index in [0.717, 1.165) is 4.47 Å². The maximum atomic E-state index is 13.4. The molecular weight excluding hydrogens is 582 g/mol. The number of hydrogen-bond donors (Lipinski definition) is 0. The molecule has 0 saturated heterocycles. The molecule has 170 valence electrons. The van der Waals surface area contributed by atoms with Gasteiger partial charge in [0.15, 0.2) is 0 Å². The molecule has 0 amide bonds. The summed E-state index contributed by atoms with van der Waals surface area (Å²) in [4.78, 5) is 0.0949. The number of rotatable bonds is 8. The van der Waals surface area contributed by atoms with E-state index in [1.807, 2.05) is 26.0 Å². The largest absolute Gasteiger partial charge is 0.490 e. The molecule has 0 aliphatic carbocycles. The van der Waals surface area contributed by atoms with E-state index in [4.69, 9.17) is 21.1 Å². The molecule has 0 aliphatic rings. The third kappa shape index (κ3) is 6.26. The third-order valence-corrected chi connectivity index (χ3v) is 7.45. The predicted molar refractivity (Wildman–Crippen MR) is 134 cm³/mol. The molecular formula is C23H22Br2ClNO4S. The summed E-state index contributed by atoms with van der Waals surface area (Å²) < 4.78 is 41.4. The van der Waals surface area contributed by atoms with Crippen molar-refractivity contribution in [2.45, 2.75) is 31.4 Å². The Morgan fingerprint density at radius 3 is 2.34 bits per heavy atom. The van der Waals surface area contributed by atoms with E-state index in [2.05, 4.69) is 31.9 Å². The predicted octanol–water partition coefficient (Wildman–Crippen LogP) is 7.27. The van der Waals surface area contributed by atoms with Crippen LogP contribution in [0.15, 0.2) is 74.5 Å². The summed E-state index contributed by atoms with van der Waals surface area (Å²) in [5, 5.41) is 0.547. The Morgan fingerprint density at radius 2 is 1.66 bits per heavy atom. The molecule has 0 radical (unpaired) electrons. The zero-order chi connectivity index (χ0) is 23.5. The van der Waals surface area contributed by atoms with Crippen LogP contribution in [0.2, 0.25) is 5.02 Å². The lowest BCUT2D eigenvalue weighted by Gasteiger charge is -2.22. The van der Waals surface area contributed by atoms with Crippen molar-refractivity contribution < 1.29 is 17.9 Å². The van der Waals surface area contributed by atoms with Crippen LogP contribution in [0, 0.1) is 0 Å². The molecule has 0 unspecified atom stereocenters. The van der Waals surface area contributed by atoms with Gasteiger partial charge in [-0.25, -0.2) is 8.42 Å². The molecule has 0 aliphatic heterocycles. The first-order valence-corrected chi connectivity index (χ1v) is 13.1. The number of ether oxygens (including phenoxy) is 2. The van der Waals surface area contributed by atoms with E-state index in [1.165, 1.54) is 11.4 Å². The number of nitrogens with zero attached hydrogens (tertiary/aromatic N) is 1. The van der Waals surface area contributed by atoms with Crippen molar-refractivity contribution in [1.29, 1.82) is 0 Å². The van der Waals surface area contributed by atoms with Gasteiger partial charge in [-0.2, -0.15) is 4.31 Å². The van der Waals surface area contributed by atoms with Crippen LogP contribution in [0.4, 0.5) is 0 Å². The highest BCUT2D eigenvalue weighted by atomic mass is 79.9. The van der Waals surface area contributed by atoms with E-state index in [-0.39, 0.29) is 17.5 Å². The van der Waals surface area contributed by atoms with Crippen LogP contribution in [0.1, 0.15) is 19.4 Å². The van der Waals surface area contributed by atoms with Crippen molar-refractivity contribution in [3.8, 4) is 17.2 Å². The Balaban J connectivity index is 1.93. The number of hydrogen-bond acceptors (Lipinski definition) is 4. The van der Waals surface area contributed by atoms with Gasteiger partial charge in [-0.05, 0) is 62.4 Å². The maximum absolute atomic E-state index is 13.4. The molecule has 0 fully saturated rings. The van der Waals surface area contributed by atoms with Crippen molar-refractivity contribution in [2.24, 2.45) is 0 Å². The fraction of sp³-hybridized carbons (Fsp3) is 0.217. The average molecular weight is 604 g/mol. The van der Waals surface area contributed by atoms with Gasteiger partial charge in [0.1, 0.15) is 22.1 Å². The van der Waals surface area contributed by atoms with E-state index in [1.54, 1.807) is 48.5 Å². The summed E-state index contributed by atoms with van der Waals surface area (Å²) in [5.41, 5.74) is 0.695. The fourth-order valence-electron chi connectivity index (χ4n) is 2.94. The number of benzene rings is 3. The van der Waals surface area contributed by atoms with Gasteiger partial charge in [-0.15, -0.1) is 0 Å². The van der Waals surface area contributed by atoms with Crippen LogP contribution in [-0.4, -0.2) is 25.9 Å². The Labute approximate surface area is 210 Å². The molecule has 0 saturated carbocycles. The molecule has 0 bridgehead atoms. The Hall–Kier alpha value is -1.58. The van der Waals surface area contributed by atoms with Crippen LogP contribution in [0.3, 0.4) is 0 Å². The average Bonchev–Trinajstić information content (AvgIpc) is 2.71. The highest BCUT2D eigenvalue weighted by molar-refractivity contribution is 9.10. The van der Waals surface area contributed by atoms with E-state index in [0.29, 0.717) is 32.3 Å². The molecule has 3 rings (SSSR count). The van der Waals surface area contributed by atoms with Crippen LogP contribution in [0.25, 0.3) is 0 Å². The summed E-state index contributed by atoms with van der Waals surface area (Å²) in [7, 11) is -2.32. The second-order valence-corrected chi connectivity index (χ2v) is 11.6. The van der Waals surface area contributed by atoms with E-state index < -0.39 is 10.0 Å². The van der Waals surface area contributed by atoms with Gasteiger partial charge < -0.3 is 9.47 Å². The Kier molecular flexibility index (Phi) is 8.27. The molecule has 0 spiro atoms. The van der Waals surface area contributed by atoms with Crippen molar-refractivity contribution in [1.82, 2.24) is 4.31 Å². The van der Waals surface area contributed by atoms with Gasteiger partial charge in [-0.1, -0.05) is 55.6 Å². The van der Waals surface area contributed by atoms with Crippen LogP contribution in [0.5, 0.6) is 17.2 Å². The van der Waals surface area contributed by atoms with Gasteiger partial charge in [0.05, 0.1) is 6.10 Å². The molecule has 0 N–H and O–H groups in total. The second-order valence-electron chi connectivity index (χ2n) is 7.33. The highest BCUT2D eigenvalue weighted by Gasteiger charge is 2.27. The molecule has 32 heavy (non-hydrogen) atoms. The standard InChI is InChI=1S/C23H22Br2ClNO4S/c1-15(2)30-21-10-9-18(25)12-23(21)32(28,29)27(3)14-16-7-8-17(24)11-22(16)31-20-6-4-5-19(26)13-20/h4-13,15H,14H2,1-3H3. The Morgan fingerprint density at radius 1 is 0.969 bits per heavy atom. The van der Waals surface area contributed by atoms with Crippen molar-refractivity contribution >= 4 is 53.5 Å². The Bertz CT molecular complexity index is 1220. The van der Waals surface area contributed by atoms with Crippen LogP contribution >= 0.6 is 43.5 Å². The lowest BCUT2D eigenvalue weighted by Crippen LogP contribution is -2.27. The molecule has 0 aromatic heterocycles. The lowest BCUT2D eigenvalue weighted by molar-refractivity contribution is 0.235. The van der Waals surface area contributed by atoms with Gasteiger partial charge in [-0.3, -0.25) is 0 Å². The zero-order valence-corrected chi connectivity index (χ0v) is 22.4. The van der Waals surface area contributed by atoms with Crippen molar-refractivity contribution in [3.63, 3.8) is 0 Å². The third-order valence-electron chi connectivity index (χ3n) is 4.40. The maximum Gasteiger partial charge on any atom is 0.246 e. The van der Waals surface area contributed by atoms with Gasteiger partial charge in [0.2, 0.25) is 10.0 Å². The minimum atomic E-state index is -3.85. The fourth-order valence-corrected chi connectivity index (χ4v) is 5.26. The number of sulfonamides is 1. The first kappa shape index (κ1) is 25.1. The first-order valence-electron chi connectivity index (χ1n) is 9.70. The van der Waals surface area contributed by atoms with Crippen LogP contribution in [-0.2, 0) is 16.6 Å². The minimum Gasteiger partial charge on any atom is -0.490 e. The van der Waals surface area contributed by atoms with Crippen molar-refractivity contribution in [3.05, 3.63) is 80.2 Å². The van der Waals surface area contributed by atoms with Gasteiger partial charge in [0.25, 0.3) is 0 Å². The molecule has 9 heteroatoms. The second kappa shape index (κ2) is 10.6. The summed E-state index contributed by atoms with van der Waals surface area (Å²) in [6.45, 7) is 3.80. The topological polar surface area (TPSA) is 55.8 Å². The number of halogens is 3. The SMILES string of the molecule is CC(C)Oc1ccc(Br)cc1S(=O)(=O)N(C)Cc1ccc(Br)cc1Oc1cccc(Cl)c1. The highest BCUT2D eigenvalue weighted by Crippen LogP contribution is 2.34. The zero-order valence-electron chi connectivity index (χ0n) is 17.7. The quantitative estimate of drug-likeness (QED) is 0.272. The van der Waals surface area contributed by atoms with Crippen molar-refractivity contribution in [2.75, 3.05) is 7.05 Å². The lowest BCUT2D eigenvalue weighted by atomic mass is 10.2. The molecule has 3 aromatic rings.